The Morgan fingerprint density at radius 2 is 2.12 bits per heavy atom. The minimum Gasteiger partial charge on any atom is -0.256 e. The van der Waals surface area contributed by atoms with Crippen LogP contribution in [0.5, 0.6) is 0 Å². The van der Waals surface area contributed by atoms with Gasteiger partial charge in [-0.3, -0.25) is 4.98 Å². The fourth-order valence-electron chi connectivity index (χ4n) is 1.53. The first-order chi connectivity index (χ1) is 10.4. The number of aromatic nitrogens is 1. The minimum atomic E-state index is -2.66. The van der Waals surface area contributed by atoms with Crippen LogP contribution in [0.25, 0.3) is 11.3 Å². The second-order valence-electron chi connectivity index (χ2n) is 3.61. The van der Waals surface area contributed by atoms with Gasteiger partial charge in [-0.1, -0.05) is 44.1 Å². The molecule has 0 bridgehead atoms. The SMILES string of the molecule is [2H]C([2H])([2H])c1cnc(-c2ccccc2)cc1C([2H])(C)C([2H])([2H])[2H]. The van der Waals surface area contributed by atoms with Crippen LogP contribution in [0.3, 0.4) is 0 Å². The van der Waals surface area contributed by atoms with Crippen LogP contribution in [0.2, 0.25) is 0 Å². The monoisotopic (exact) mass is 218 g/mol. The second-order valence-corrected chi connectivity index (χ2v) is 3.61. The Morgan fingerprint density at radius 3 is 2.81 bits per heavy atom. The van der Waals surface area contributed by atoms with Crippen LogP contribution in [-0.2, 0) is 0 Å². The van der Waals surface area contributed by atoms with E-state index in [1.54, 1.807) is 24.3 Å². The lowest BCUT2D eigenvalue weighted by atomic mass is 9.97. The topological polar surface area (TPSA) is 12.9 Å². The van der Waals surface area contributed by atoms with E-state index in [0.29, 0.717) is 5.69 Å². The van der Waals surface area contributed by atoms with Gasteiger partial charge >= 0.3 is 0 Å². The Kier molecular flexibility index (Phi) is 1.44. The molecule has 2 aromatic rings. The maximum Gasteiger partial charge on any atom is 0.0705 e. The maximum atomic E-state index is 8.26. The van der Waals surface area contributed by atoms with E-state index in [4.69, 9.17) is 9.60 Å². The molecule has 1 aromatic heterocycles. The van der Waals surface area contributed by atoms with Gasteiger partial charge in [0.2, 0.25) is 0 Å². The normalized spacial score (nSPS) is 22.4. The van der Waals surface area contributed by atoms with E-state index in [1.807, 2.05) is 6.07 Å². The molecule has 0 spiro atoms. The zero-order chi connectivity index (χ0) is 17.5. The summed E-state index contributed by atoms with van der Waals surface area (Å²) in [7, 11) is 0. The largest absolute Gasteiger partial charge is 0.256 e. The van der Waals surface area contributed by atoms with Crippen molar-refractivity contribution in [1.82, 2.24) is 4.98 Å². The lowest BCUT2D eigenvalue weighted by Crippen LogP contribution is -1.95. The summed E-state index contributed by atoms with van der Waals surface area (Å²) in [5, 5.41) is 0. The summed E-state index contributed by atoms with van der Waals surface area (Å²) in [6.45, 7) is -3.99. The Balaban J connectivity index is 2.70. The number of nitrogens with zero attached hydrogens (tertiary/aromatic N) is 1. The highest BCUT2D eigenvalue weighted by Crippen LogP contribution is 2.24. The Hall–Kier alpha value is -1.63. The van der Waals surface area contributed by atoms with Gasteiger partial charge in [-0.25, -0.2) is 0 Å². The molecule has 0 N–H and O–H groups in total. The molecule has 0 aliphatic carbocycles. The van der Waals surface area contributed by atoms with Crippen LogP contribution in [-0.4, -0.2) is 4.98 Å². The number of hydrogen-bond acceptors (Lipinski definition) is 1. The molecule has 0 radical (unpaired) electrons. The standard InChI is InChI=1S/C15H17N/c1-11(2)14-9-15(16-10-12(14)3)13-7-5-4-6-8-13/h4-11H,1-3H3/i1D3,3D3,11D. The third-order valence-corrected chi connectivity index (χ3v) is 2.38. The molecule has 0 saturated carbocycles. The van der Waals surface area contributed by atoms with Crippen LogP contribution in [0, 0.1) is 6.85 Å². The number of benzene rings is 1. The molecule has 1 heterocycles. The summed E-state index contributed by atoms with van der Waals surface area (Å²) < 4.78 is 53.8. The first-order valence-corrected chi connectivity index (χ1v) is 5.01. The lowest BCUT2D eigenvalue weighted by molar-refractivity contribution is 0.852. The van der Waals surface area contributed by atoms with Crippen LogP contribution >= 0.6 is 0 Å². The summed E-state index contributed by atoms with van der Waals surface area (Å²) >= 11 is 0. The Bertz CT molecular complexity index is 687. The quantitative estimate of drug-likeness (QED) is 0.737. The number of rotatable bonds is 2. The van der Waals surface area contributed by atoms with E-state index < -0.39 is 19.6 Å². The fourth-order valence-corrected chi connectivity index (χ4v) is 1.53. The molecule has 1 atom stereocenters. The molecule has 0 amide bonds. The van der Waals surface area contributed by atoms with Gasteiger partial charge in [0.1, 0.15) is 0 Å². The molecule has 1 aromatic carbocycles. The number of pyridine rings is 1. The Morgan fingerprint density at radius 1 is 1.31 bits per heavy atom. The molecule has 0 aliphatic heterocycles. The highest BCUT2D eigenvalue weighted by Gasteiger charge is 2.06. The van der Waals surface area contributed by atoms with E-state index in [2.05, 4.69) is 4.98 Å². The maximum absolute atomic E-state index is 8.26. The molecule has 82 valence electrons. The average Bonchev–Trinajstić information content (AvgIpc) is 2.45. The first kappa shape index (κ1) is 5.13. The third-order valence-electron chi connectivity index (χ3n) is 2.38. The van der Waals surface area contributed by atoms with Crippen LogP contribution < -0.4 is 0 Å². The molecule has 16 heavy (non-hydrogen) atoms. The molecular weight excluding hydrogens is 194 g/mol. The molecule has 1 heteroatoms. The zero-order valence-electron chi connectivity index (χ0n) is 16.0. The average molecular weight is 218 g/mol. The summed E-state index contributed by atoms with van der Waals surface area (Å²) in [5.74, 6) is -2.05. The van der Waals surface area contributed by atoms with Gasteiger partial charge in [-0.2, -0.15) is 0 Å². The van der Waals surface area contributed by atoms with Crippen molar-refractivity contribution in [2.45, 2.75) is 26.5 Å². The van der Waals surface area contributed by atoms with Gasteiger partial charge in [0.25, 0.3) is 0 Å². The van der Waals surface area contributed by atoms with Gasteiger partial charge in [-0.05, 0) is 29.9 Å². The highest BCUT2D eigenvalue weighted by atomic mass is 14.7. The molecular formula is C15H17N. The van der Waals surface area contributed by atoms with E-state index in [-0.39, 0.29) is 11.1 Å². The van der Waals surface area contributed by atoms with Crippen LogP contribution in [0.15, 0.2) is 42.6 Å². The van der Waals surface area contributed by atoms with Crippen molar-refractivity contribution < 1.29 is 9.60 Å². The second kappa shape index (κ2) is 4.48. The molecule has 1 nitrogen and oxygen atoms in total. The molecule has 2 rings (SSSR count). The summed E-state index contributed by atoms with van der Waals surface area (Å²) in [5.41, 5.74) is 0.917. The summed E-state index contributed by atoms with van der Waals surface area (Å²) in [4.78, 5) is 4.14. The number of aryl methyl sites for hydroxylation is 1. The molecule has 0 fully saturated rings. The summed E-state index contributed by atoms with van der Waals surface area (Å²) in [6.07, 6.45) is 1.16. The van der Waals surface area contributed by atoms with Crippen molar-refractivity contribution in [2.75, 3.05) is 0 Å². The van der Waals surface area contributed by atoms with E-state index >= 15 is 0 Å². The molecule has 0 saturated heterocycles. The number of hydrogen-bond donors (Lipinski definition) is 0. The fraction of sp³-hybridized carbons (Fsp3) is 0.267. The van der Waals surface area contributed by atoms with Gasteiger partial charge in [0, 0.05) is 21.4 Å². The lowest BCUT2D eigenvalue weighted by Gasteiger charge is -2.11. The van der Waals surface area contributed by atoms with Gasteiger partial charge in [-0.15, -0.1) is 0 Å². The predicted octanol–water partition coefficient (Wildman–Crippen LogP) is 4.18. The highest BCUT2D eigenvalue weighted by molar-refractivity contribution is 5.60. The van der Waals surface area contributed by atoms with Crippen molar-refractivity contribution in [1.29, 1.82) is 0 Å². The first-order valence-electron chi connectivity index (χ1n) is 8.51. The third kappa shape index (κ3) is 2.13. The predicted molar refractivity (Wildman–Crippen MR) is 68.5 cm³/mol. The van der Waals surface area contributed by atoms with Crippen molar-refractivity contribution in [3.8, 4) is 11.3 Å². The van der Waals surface area contributed by atoms with Gasteiger partial charge in [0.05, 0.1) is 5.69 Å². The Labute approximate surface area is 107 Å². The van der Waals surface area contributed by atoms with Crippen molar-refractivity contribution in [3.63, 3.8) is 0 Å². The van der Waals surface area contributed by atoms with Crippen LogP contribution in [0.4, 0.5) is 0 Å². The van der Waals surface area contributed by atoms with Crippen molar-refractivity contribution in [3.05, 3.63) is 53.7 Å². The zero-order valence-corrected chi connectivity index (χ0v) is 8.99. The van der Waals surface area contributed by atoms with Crippen molar-refractivity contribution in [2.24, 2.45) is 0 Å². The van der Waals surface area contributed by atoms with Gasteiger partial charge < -0.3 is 0 Å². The van der Waals surface area contributed by atoms with Crippen molar-refractivity contribution >= 4 is 0 Å². The van der Waals surface area contributed by atoms with Gasteiger partial charge in [0.15, 0.2) is 0 Å². The van der Waals surface area contributed by atoms with E-state index in [0.717, 1.165) is 11.8 Å². The molecule has 0 aliphatic rings. The van der Waals surface area contributed by atoms with E-state index in [1.165, 1.54) is 13.0 Å². The van der Waals surface area contributed by atoms with E-state index in [9.17, 15) is 0 Å². The van der Waals surface area contributed by atoms with Crippen LogP contribution in [0.1, 0.15) is 40.4 Å². The smallest absolute Gasteiger partial charge is 0.0705 e. The minimum absolute atomic E-state index is 0.0497. The molecule has 1 unspecified atom stereocenters. The summed E-state index contributed by atoms with van der Waals surface area (Å²) in [6, 6.07) is 10.4.